The molecular weight excluding hydrogens is 348 g/mol. The van der Waals surface area contributed by atoms with Crippen molar-refractivity contribution in [3.8, 4) is 0 Å². The number of carbonyl (C=O) groups excluding carboxylic acids is 1. The van der Waals surface area contributed by atoms with Crippen LogP contribution in [-0.2, 0) is 21.2 Å². The summed E-state index contributed by atoms with van der Waals surface area (Å²) in [6.45, 7) is 2.88. The SMILES string of the molecule is CCc1ccc(S(=O)(=O)N2CCC(C(=O)NC3CCCCC3)CC2)cc1. The maximum atomic E-state index is 12.8. The van der Waals surface area contributed by atoms with Gasteiger partial charge in [0.05, 0.1) is 4.90 Å². The number of nitrogens with one attached hydrogen (secondary N) is 1. The van der Waals surface area contributed by atoms with Crippen LogP contribution in [0.1, 0.15) is 57.4 Å². The lowest BCUT2D eigenvalue weighted by molar-refractivity contribution is -0.127. The number of carbonyl (C=O) groups is 1. The number of hydrogen-bond acceptors (Lipinski definition) is 3. The van der Waals surface area contributed by atoms with E-state index in [9.17, 15) is 13.2 Å². The summed E-state index contributed by atoms with van der Waals surface area (Å²) in [5.74, 6) is 0.0482. The van der Waals surface area contributed by atoms with E-state index in [1.165, 1.54) is 23.6 Å². The number of hydrogen-bond donors (Lipinski definition) is 1. The molecule has 1 amide bonds. The van der Waals surface area contributed by atoms with Crippen molar-refractivity contribution in [3.63, 3.8) is 0 Å². The van der Waals surface area contributed by atoms with Crippen molar-refractivity contribution in [2.75, 3.05) is 13.1 Å². The van der Waals surface area contributed by atoms with Crippen LogP contribution in [0.3, 0.4) is 0 Å². The zero-order chi connectivity index (χ0) is 18.6. The van der Waals surface area contributed by atoms with Crippen LogP contribution < -0.4 is 5.32 Å². The first-order chi connectivity index (χ1) is 12.5. The Bertz CT molecular complexity index is 701. The number of piperidine rings is 1. The summed E-state index contributed by atoms with van der Waals surface area (Å²) < 4.78 is 27.1. The number of sulfonamides is 1. The minimum absolute atomic E-state index is 0.0640. The second-order valence-electron chi connectivity index (χ2n) is 7.52. The van der Waals surface area contributed by atoms with Gasteiger partial charge >= 0.3 is 0 Å². The standard InChI is InChI=1S/C20H30N2O3S/c1-2-16-8-10-19(11-9-16)26(24,25)22-14-12-17(13-15-22)20(23)21-18-6-4-3-5-7-18/h8-11,17-18H,2-7,12-15H2,1H3,(H,21,23). The van der Waals surface area contributed by atoms with Crippen molar-refractivity contribution in [3.05, 3.63) is 29.8 Å². The number of nitrogens with zero attached hydrogens (tertiary/aromatic N) is 1. The number of aryl methyl sites for hydroxylation is 1. The van der Waals surface area contributed by atoms with E-state index in [0.29, 0.717) is 36.9 Å². The van der Waals surface area contributed by atoms with Gasteiger partial charge in [-0.25, -0.2) is 8.42 Å². The molecular formula is C20H30N2O3S. The minimum Gasteiger partial charge on any atom is -0.353 e. The molecule has 1 aliphatic heterocycles. The van der Waals surface area contributed by atoms with Crippen LogP contribution in [0.4, 0.5) is 0 Å². The third-order valence-electron chi connectivity index (χ3n) is 5.75. The molecule has 3 rings (SSSR count). The molecule has 1 saturated heterocycles. The number of rotatable bonds is 5. The zero-order valence-electron chi connectivity index (χ0n) is 15.6. The quantitative estimate of drug-likeness (QED) is 0.856. The van der Waals surface area contributed by atoms with Crippen molar-refractivity contribution in [1.29, 1.82) is 0 Å². The van der Waals surface area contributed by atoms with Crippen LogP contribution in [0.5, 0.6) is 0 Å². The Labute approximate surface area is 157 Å². The Balaban J connectivity index is 1.55. The molecule has 1 aliphatic carbocycles. The van der Waals surface area contributed by atoms with Crippen molar-refractivity contribution < 1.29 is 13.2 Å². The van der Waals surface area contributed by atoms with Gasteiger partial charge in [0.2, 0.25) is 15.9 Å². The Morgan fingerprint density at radius 3 is 2.23 bits per heavy atom. The van der Waals surface area contributed by atoms with Gasteiger partial charge in [-0.1, -0.05) is 38.3 Å². The second kappa shape index (κ2) is 8.53. The average Bonchev–Trinajstić information content (AvgIpc) is 2.69. The monoisotopic (exact) mass is 378 g/mol. The maximum absolute atomic E-state index is 12.8. The van der Waals surface area contributed by atoms with Gasteiger partial charge in [-0.15, -0.1) is 0 Å². The Morgan fingerprint density at radius 1 is 1.04 bits per heavy atom. The fourth-order valence-electron chi connectivity index (χ4n) is 3.97. The molecule has 0 spiro atoms. The van der Waals surface area contributed by atoms with E-state index in [4.69, 9.17) is 0 Å². The summed E-state index contributed by atoms with van der Waals surface area (Å²) in [5, 5.41) is 3.18. The van der Waals surface area contributed by atoms with Gasteiger partial charge in [0.15, 0.2) is 0 Å². The van der Waals surface area contributed by atoms with Crippen LogP contribution in [-0.4, -0.2) is 37.8 Å². The maximum Gasteiger partial charge on any atom is 0.243 e. The van der Waals surface area contributed by atoms with Gasteiger partial charge in [-0.05, 0) is 49.8 Å². The highest BCUT2D eigenvalue weighted by atomic mass is 32.2. The Kier molecular flexibility index (Phi) is 6.35. The van der Waals surface area contributed by atoms with Gasteiger partial charge in [0.25, 0.3) is 0 Å². The van der Waals surface area contributed by atoms with E-state index >= 15 is 0 Å². The van der Waals surface area contributed by atoms with Crippen molar-refractivity contribution in [1.82, 2.24) is 9.62 Å². The average molecular weight is 379 g/mol. The Morgan fingerprint density at radius 2 is 1.65 bits per heavy atom. The molecule has 0 aromatic heterocycles. The van der Waals surface area contributed by atoms with Crippen LogP contribution in [0.25, 0.3) is 0 Å². The molecule has 0 bridgehead atoms. The topological polar surface area (TPSA) is 66.5 Å². The predicted molar refractivity (Wildman–Crippen MR) is 102 cm³/mol. The molecule has 0 unspecified atom stereocenters. The summed E-state index contributed by atoms with van der Waals surface area (Å²) in [6, 6.07) is 7.44. The molecule has 26 heavy (non-hydrogen) atoms. The summed E-state index contributed by atoms with van der Waals surface area (Å²) in [7, 11) is -3.46. The lowest BCUT2D eigenvalue weighted by atomic mass is 9.93. The fraction of sp³-hybridized carbons (Fsp3) is 0.650. The zero-order valence-corrected chi connectivity index (χ0v) is 16.4. The molecule has 6 heteroatoms. The molecule has 1 N–H and O–H groups in total. The van der Waals surface area contributed by atoms with E-state index in [1.54, 1.807) is 12.1 Å². The molecule has 2 aliphatic rings. The lowest BCUT2D eigenvalue weighted by Crippen LogP contribution is -2.45. The minimum atomic E-state index is -3.46. The highest BCUT2D eigenvalue weighted by Crippen LogP contribution is 2.25. The molecule has 1 saturated carbocycles. The van der Waals surface area contributed by atoms with Crippen molar-refractivity contribution in [2.24, 2.45) is 5.92 Å². The smallest absolute Gasteiger partial charge is 0.243 e. The van der Waals surface area contributed by atoms with Crippen LogP contribution in [0, 0.1) is 5.92 Å². The Hall–Kier alpha value is -1.40. The highest BCUT2D eigenvalue weighted by Gasteiger charge is 2.32. The molecule has 1 aromatic carbocycles. The van der Waals surface area contributed by atoms with Crippen LogP contribution >= 0.6 is 0 Å². The number of benzene rings is 1. The molecule has 2 fully saturated rings. The third kappa shape index (κ3) is 4.46. The molecule has 0 radical (unpaired) electrons. The predicted octanol–water partition coefficient (Wildman–Crippen LogP) is 3.10. The third-order valence-corrected chi connectivity index (χ3v) is 7.66. The molecule has 144 valence electrons. The fourth-order valence-corrected chi connectivity index (χ4v) is 5.44. The van der Waals surface area contributed by atoms with E-state index in [-0.39, 0.29) is 11.8 Å². The van der Waals surface area contributed by atoms with Gasteiger partial charge in [-0.2, -0.15) is 4.31 Å². The van der Waals surface area contributed by atoms with E-state index in [1.807, 2.05) is 19.1 Å². The second-order valence-corrected chi connectivity index (χ2v) is 9.46. The number of amides is 1. The normalized spacial score (nSPS) is 20.8. The van der Waals surface area contributed by atoms with Gasteiger partial charge in [0.1, 0.15) is 0 Å². The van der Waals surface area contributed by atoms with Gasteiger partial charge in [0, 0.05) is 25.0 Å². The largest absolute Gasteiger partial charge is 0.353 e. The van der Waals surface area contributed by atoms with E-state index < -0.39 is 10.0 Å². The summed E-state index contributed by atoms with van der Waals surface area (Å²) in [4.78, 5) is 12.8. The first-order valence-corrected chi connectivity index (χ1v) is 11.3. The first-order valence-electron chi connectivity index (χ1n) is 9.90. The highest BCUT2D eigenvalue weighted by molar-refractivity contribution is 7.89. The van der Waals surface area contributed by atoms with E-state index in [2.05, 4.69) is 5.32 Å². The molecule has 5 nitrogen and oxygen atoms in total. The molecule has 0 atom stereocenters. The molecule has 1 heterocycles. The summed E-state index contributed by atoms with van der Waals surface area (Å²) in [5.41, 5.74) is 1.13. The van der Waals surface area contributed by atoms with Gasteiger partial charge in [-0.3, -0.25) is 4.79 Å². The summed E-state index contributed by atoms with van der Waals surface area (Å²) >= 11 is 0. The van der Waals surface area contributed by atoms with Crippen LogP contribution in [0.2, 0.25) is 0 Å². The van der Waals surface area contributed by atoms with Crippen molar-refractivity contribution >= 4 is 15.9 Å². The van der Waals surface area contributed by atoms with Crippen molar-refractivity contribution in [2.45, 2.75) is 69.2 Å². The van der Waals surface area contributed by atoms with Gasteiger partial charge < -0.3 is 5.32 Å². The summed E-state index contributed by atoms with van der Waals surface area (Å²) in [6.07, 6.45) is 7.90. The van der Waals surface area contributed by atoms with Crippen LogP contribution in [0.15, 0.2) is 29.2 Å². The first kappa shape index (κ1) is 19.4. The lowest BCUT2D eigenvalue weighted by Gasteiger charge is -2.32. The molecule has 1 aromatic rings. The van der Waals surface area contributed by atoms with E-state index in [0.717, 1.165) is 24.8 Å².